The molecule has 0 unspecified atom stereocenters. The molecular weight excluding hydrogens is 316 g/mol. The van der Waals surface area contributed by atoms with Crippen LogP contribution in [0.1, 0.15) is 27.0 Å². The smallest absolute Gasteiger partial charge is 0.255 e. The van der Waals surface area contributed by atoms with Gasteiger partial charge < -0.3 is 11.1 Å². The molecular formula is C16H17BrN2O. The lowest BCUT2D eigenvalue weighted by atomic mass is 10.1. The van der Waals surface area contributed by atoms with Crippen molar-refractivity contribution in [3.8, 4) is 0 Å². The number of halogens is 1. The van der Waals surface area contributed by atoms with Crippen LogP contribution in [0.3, 0.4) is 0 Å². The topological polar surface area (TPSA) is 55.1 Å². The fourth-order valence-corrected chi connectivity index (χ4v) is 2.66. The Labute approximate surface area is 127 Å². The molecule has 3 N–H and O–H groups in total. The van der Waals surface area contributed by atoms with E-state index < -0.39 is 0 Å². The van der Waals surface area contributed by atoms with Crippen molar-refractivity contribution in [2.45, 2.75) is 20.8 Å². The molecule has 0 aromatic heterocycles. The number of carbonyl (C=O) groups excluding carboxylic acids is 1. The molecule has 1 amide bonds. The average Bonchev–Trinajstić information content (AvgIpc) is 2.36. The normalized spacial score (nSPS) is 10.4. The molecule has 0 saturated carbocycles. The molecule has 0 aliphatic rings. The van der Waals surface area contributed by atoms with Gasteiger partial charge in [-0.05, 0) is 77.7 Å². The highest BCUT2D eigenvalue weighted by molar-refractivity contribution is 9.10. The number of nitrogens with one attached hydrogen (secondary N) is 1. The largest absolute Gasteiger partial charge is 0.397 e. The molecule has 2 aromatic rings. The summed E-state index contributed by atoms with van der Waals surface area (Å²) < 4.78 is 0.784. The highest BCUT2D eigenvalue weighted by Crippen LogP contribution is 2.30. The summed E-state index contributed by atoms with van der Waals surface area (Å²) in [6.45, 7) is 5.96. The minimum atomic E-state index is -0.163. The number of nitrogen functional groups attached to an aromatic ring is 1. The van der Waals surface area contributed by atoms with Crippen molar-refractivity contribution in [2.24, 2.45) is 0 Å². The van der Waals surface area contributed by atoms with Crippen molar-refractivity contribution in [1.82, 2.24) is 0 Å². The molecule has 0 bridgehead atoms. The third-order valence-electron chi connectivity index (χ3n) is 3.27. The molecule has 0 heterocycles. The van der Waals surface area contributed by atoms with Gasteiger partial charge in [-0.15, -0.1) is 0 Å². The number of anilines is 2. The van der Waals surface area contributed by atoms with Gasteiger partial charge in [0.2, 0.25) is 0 Å². The van der Waals surface area contributed by atoms with Gasteiger partial charge in [0.25, 0.3) is 5.91 Å². The molecule has 0 radical (unpaired) electrons. The Morgan fingerprint density at radius 1 is 1.10 bits per heavy atom. The molecule has 0 saturated heterocycles. The Morgan fingerprint density at radius 2 is 1.80 bits per heavy atom. The second-order valence-corrected chi connectivity index (χ2v) is 5.82. The molecule has 0 fully saturated rings. The number of rotatable bonds is 2. The Hall–Kier alpha value is -1.81. The number of benzene rings is 2. The lowest BCUT2D eigenvalue weighted by Crippen LogP contribution is -2.14. The van der Waals surface area contributed by atoms with Crippen LogP contribution in [0.5, 0.6) is 0 Å². The van der Waals surface area contributed by atoms with Gasteiger partial charge in [-0.25, -0.2) is 0 Å². The lowest BCUT2D eigenvalue weighted by molar-refractivity contribution is 0.102. The standard InChI is InChI=1S/C16H17BrN2O/c1-9-6-13(17)15(14(18)7-9)19-16(20)12-5-4-10(2)11(3)8-12/h4-8H,18H2,1-3H3,(H,19,20). The van der Waals surface area contributed by atoms with Crippen LogP contribution < -0.4 is 11.1 Å². The zero-order valence-corrected chi connectivity index (χ0v) is 13.3. The third kappa shape index (κ3) is 3.02. The van der Waals surface area contributed by atoms with Crippen LogP contribution in [0.2, 0.25) is 0 Å². The van der Waals surface area contributed by atoms with Gasteiger partial charge in [-0.3, -0.25) is 4.79 Å². The lowest BCUT2D eigenvalue weighted by Gasteiger charge is -2.12. The van der Waals surface area contributed by atoms with E-state index in [9.17, 15) is 4.79 Å². The van der Waals surface area contributed by atoms with Crippen LogP contribution in [0, 0.1) is 20.8 Å². The van der Waals surface area contributed by atoms with E-state index in [-0.39, 0.29) is 5.91 Å². The molecule has 0 aliphatic carbocycles. The first-order chi connectivity index (χ1) is 9.38. The zero-order valence-electron chi connectivity index (χ0n) is 11.8. The van der Waals surface area contributed by atoms with Gasteiger partial charge in [0.05, 0.1) is 11.4 Å². The maximum Gasteiger partial charge on any atom is 0.255 e. The van der Waals surface area contributed by atoms with E-state index in [1.54, 1.807) is 0 Å². The summed E-state index contributed by atoms with van der Waals surface area (Å²) in [6, 6.07) is 9.39. The van der Waals surface area contributed by atoms with E-state index in [0.717, 1.165) is 21.2 Å². The van der Waals surface area contributed by atoms with Gasteiger partial charge in [-0.2, -0.15) is 0 Å². The fourth-order valence-electron chi connectivity index (χ4n) is 1.97. The highest BCUT2D eigenvalue weighted by Gasteiger charge is 2.12. The Morgan fingerprint density at radius 3 is 2.40 bits per heavy atom. The third-order valence-corrected chi connectivity index (χ3v) is 3.90. The summed E-state index contributed by atoms with van der Waals surface area (Å²) in [7, 11) is 0. The molecule has 0 aliphatic heterocycles. The maximum absolute atomic E-state index is 12.3. The molecule has 0 atom stereocenters. The maximum atomic E-state index is 12.3. The van der Waals surface area contributed by atoms with Crippen molar-refractivity contribution < 1.29 is 4.79 Å². The van der Waals surface area contributed by atoms with E-state index in [1.807, 2.05) is 51.1 Å². The van der Waals surface area contributed by atoms with Gasteiger partial charge in [0.1, 0.15) is 0 Å². The van der Waals surface area contributed by atoms with Crippen LogP contribution >= 0.6 is 15.9 Å². The first-order valence-electron chi connectivity index (χ1n) is 6.32. The van der Waals surface area contributed by atoms with Crippen LogP contribution in [0.25, 0.3) is 0 Å². The summed E-state index contributed by atoms with van der Waals surface area (Å²) in [5.41, 5.74) is 11.0. The molecule has 2 aromatic carbocycles. The summed E-state index contributed by atoms with van der Waals surface area (Å²) in [5.74, 6) is -0.163. The predicted molar refractivity (Wildman–Crippen MR) is 87.2 cm³/mol. The van der Waals surface area contributed by atoms with Gasteiger partial charge in [0.15, 0.2) is 0 Å². The first kappa shape index (κ1) is 14.6. The number of aryl methyl sites for hydroxylation is 3. The second-order valence-electron chi connectivity index (χ2n) is 4.96. The first-order valence-corrected chi connectivity index (χ1v) is 7.12. The summed E-state index contributed by atoms with van der Waals surface area (Å²) >= 11 is 3.43. The Balaban J connectivity index is 2.30. The van der Waals surface area contributed by atoms with Crippen molar-refractivity contribution in [2.75, 3.05) is 11.1 Å². The van der Waals surface area contributed by atoms with E-state index in [4.69, 9.17) is 5.73 Å². The number of carbonyl (C=O) groups is 1. The SMILES string of the molecule is Cc1cc(N)c(NC(=O)c2ccc(C)c(C)c2)c(Br)c1. The van der Waals surface area contributed by atoms with Crippen LogP contribution in [-0.2, 0) is 0 Å². The van der Waals surface area contributed by atoms with E-state index in [2.05, 4.69) is 21.2 Å². The van der Waals surface area contributed by atoms with Crippen LogP contribution in [0.4, 0.5) is 11.4 Å². The highest BCUT2D eigenvalue weighted by atomic mass is 79.9. The minimum absolute atomic E-state index is 0.163. The van der Waals surface area contributed by atoms with E-state index >= 15 is 0 Å². The molecule has 0 spiro atoms. The van der Waals surface area contributed by atoms with Crippen molar-refractivity contribution in [3.05, 3.63) is 57.1 Å². The van der Waals surface area contributed by atoms with Crippen molar-refractivity contribution in [3.63, 3.8) is 0 Å². The van der Waals surface area contributed by atoms with Crippen molar-refractivity contribution >= 4 is 33.2 Å². The number of hydrogen-bond donors (Lipinski definition) is 2. The predicted octanol–water partition coefficient (Wildman–Crippen LogP) is 4.21. The van der Waals surface area contributed by atoms with Crippen LogP contribution in [0.15, 0.2) is 34.8 Å². The number of hydrogen-bond acceptors (Lipinski definition) is 2. The monoisotopic (exact) mass is 332 g/mol. The summed E-state index contributed by atoms with van der Waals surface area (Å²) in [4.78, 5) is 12.3. The minimum Gasteiger partial charge on any atom is -0.397 e. The Bertz CT molecular complexity index is 657. The number of nitrogens with two attached hydrogens (primary N) is 1. The van der Waals surface area contributed by atoms with Crippen LogP contribution in [-0.4, -0.2) is 5.91 Å². The quantitative estimate of drug-likeness (QED) is 0.809. The van der Waals surface area contributed by atoms with E-state index in [0.29, 0.717) is 16.9 Å². The molecule has 3 nitrogen and oxygen atoms in total. The second kappa shape index (κ2) is 5.67. The van der Waals surface area contributed by atoms with Gasteiger partial charge >= 0.3 is 0 Å². The van der Waals surface area contributed by atoms with Gasteiger partial charge in [0, 0.05) is 10.0 Å². The molecule has 4 heteroatoms. The molecule has 2 rings (SSSR count). The summed E-state index contributed by atoms with van der Waals surface area (Å²) in [6.07, 6.45) is 0. The fraction of sp³-hybridized carbons (Fsp3) is 0.188. The summed E-state index contributed by atoms with van der Waals surface area (Å²) in [5, 5.41) is 2.86. The number of amides is 1. The Kier molecular flexibility index (Phi) is 4.14. The average molecular weight is 333 g/mol. The van der Waals surface area contributed by atoms with Gasteiger partial charge in [-0.1, -0.05) is 6.07 Å². The van der Waals surface area contributed by atoms with Crippen molar-refractivity contribution in [1.29, 1.82) is 0 Å². The van der Waals surface area contributed by atoms with E-state index in [1.165, 1.54) is 0 Å². The molecule has 104 valence electrons. The zero-order chi connectivity index (χ0) is 14.9. The molecule has 20 heavy (non-hydrogen) atoms.